The third kappa shape index (κ3) is 3.92. The van der Waals surface area contributed by atoms with Crippen molar-refractivity contribution >= 4 is 22.6 Å². The standard InChI is InChI=1S/C16H25IN2/c1-12-10-16(17)13(2)9-14(12)11-19(4)15-5-7-18(3)8-6-15/h9-10,15H,5-8,11H2,1-4H3. The molecule has 1 heterocycles. The van der Waals surface area contributed by atoms with Gasteiger partial charge < -0.3 is 4.90 Å². The van der Waals surface area contributed by atoms with E-state index in [9.17, 15) is 0 Å². The Labute approximate surface area is 131 Å². The Bertz CT molecular complexity index is 437. The van der Waals surface area contributed by atoms with Gasteiger partial charge in [-0.1, -0.05) is 6.07 Å². The highest BCUT2D eigenvalue weighted by Gasteiger charge is 2.20. The highest BCUT2D eigenvalue weighted by Crippen LogP contribution is 2.21. The van der Waals surface area contributed by atoms with Crippen molar-refractivity contribution in [2.24, 2.45) is 0 Å². The van der Waals surface area contributed by atoms with Crippen molar-refractivity contribution in [3.8, 4) is 0 Å². The summed E-state index contributed by atoms with van der Waals surface area (Å²) in [5, 5.41) is 0. The van der Waals surface area contributed by atoms with Gasteiger partial charge in [-0.05, 0) is 99.2 Å². The predicted molar refractivity (Wildman–Crippen MR) is 90.6 cm³/mol. The molecule has 0 bridgehead atoms. The Balaban J connectivity index is 2.02. The fourth-order valence-corrected chi connectivity index (χ4v) is 3.47. The molecule has 0 amide bonds. The Morgan fingerprint density at radius 2 is 1.84 bits per heavy atom. The van der Waals surface area contributed by atoms with Crippen molar-refractivity contribution in [1.29, 1.82) is 0 Å². The van der Waals surface area contributed by atoms with E-state index in [4.69, 9.17) is 0 Å². The fourth-order valence-electron chi connectivity index (χ4n) is 2.84. The van der Waals surface area contributed by atoms with Crippen LogP contribution in [0.4, 0.5) is 0 Å². The normalized spacial score (nSPS) is 18.2. The summed E-state index contributed by atoms with van der Waals surface area (Å²) in [5.74, 6) is 0. The van der Waals surface area contributed by atoms with Gasteiger partial charge in [-0.3, -0.25) is 4.90 Å². The Hall–Kier alpha value is -0.130. The molecule has 0 aliphatic carbocycles. The van der Waals surface area contributed by atoms with Gasteiger partial charge >= 0.3 is 0 Å². The molecule has 1 aliphatic rings. The van der Waals surface area contributed by atoms with E-state index in [2.05, 4.69) is 72.5 Å². The van der Waals surface area contributed by atoms with E-state index in [1.54, 1.807) is 0 Å². The minimum Gasteiger partial charge on any atom is -0.306 e. The first-order valence-electron chi connectivity index (χ1n) is 7.12. The van der Waals surface area contributed by atoms with E-state index in [-0.39, 0.29) is 0 Å². The molecule has 3 heteroatoms. The largest absolute Gasteiger partial charge is 0.306 e. The van der Waals surface area contributed by atoms with E-state index in [0.717, 1.165) is 12.6 Å². The summed E-state index contributed by atoms with van der Waals surface area (Å²) in [6.45, 7) is 8.00. The van der Waals surface area contributed by atoms with Crippen LogP contribution >= 0.6 is 22.6 Å². The van der Waals surface area contributed by atoms with Crippen molar-refractivity contribution in [2.75, 3.05) is 27.2 Å². The predicted octanol–water partition coefficient (Wildman–Crippen LogP) is 3.43. The number of benzene rings is 1. The van der Waals surface area contributed by atoms with E-state index >= 15 is 0 Å². The molecule has 2 rings (SSSR count). The third-order valence-corrected chi connectivity index (χ3v) is 5.51. The molecular formula is C16H25IN2. The van der Waals surface area contributed by atoms with Crippen molar-refractivity contribution in [1.82, 2.24) is 9.80 Å². The average Bonchev–Trinajstić information content (AvgIpc) is 2.36. The molecule has 0 aromatic heterocycles. The molecular weight excluding hydrogens is 347 g/mol. The van der Waals surface area contributed by atoms with Crippen LogP contribution < -0.4 is 0 Å². The molecule has 19 heavy (non-hydrogen) atoms. The number of rotatable bonds is 3. The van der Waals surface area contributed by atoms with Crippen molar-refractivity contribution in [3.05, 3.63) is 32.4 Å². The molecule has 0 saturated carbocycles. The van der Waals surface area contributed by atoms with Crippen LogP contribution in [0.3, 0.4) is 0 Å². The van der Waals surface area contributed by atoms with Crippen LogP contribution in [-0.4, -0.2) is 43.0 Å². The summed E-state index contributed by atoms with van der Waals surface area (Å²) < 4.78 is 1.38. The topological polar surface area (TPSA) is 6.48 Å². The molecule has 1 aliphatic heterocycles. The number of aryl methyl sites for hydroxylation is 2. The first-order valence-corrected chi connectivity index (χ1v) is 8.19. The highest BCUT2D eigenvalue weighted by atomic mass is 127. The van der Waals surface area contributed by atoms with E-state index < -0.39 is 0 Å². The fraction of sp³-hybridized carbons (Fsp3) is 0.625. The maximum absolute atomic E-state index is 2.54. The second-order valence-electron chi connectivity index (χ2n) is 5.98. The number of hydrogen-bond donors (Lipinski definition) is 0. The molecule has 1 fully saturated rings. The molecule has 1 aromatic carbocycles. The van der Waals surface area contributed by atoms with Gasteiger partial charge in [0.05, 0.1) is 0 Å². The summed E-state index contributed by atoms with van der Waals surface area (Å²) in [7, 11) is 4.51. The minimum atomic E-state index is 0.746. The molecule has 0 atom stereocenters. The number of piperidine rings is 1. The number of hydrogen-bond acceptors (Lipinski definition) is 2. The molecule has 0 radical (unpaired) electrons. The van der Waals surface area contributed by atoms with Gasteiger partial charge in [0.25, 0.3) is 0 Å². The first-order chi connectivity index (χ1) is 8.97. The first kappa shape index (κ1) is 15.3. The van der Waals surface area contributed by atoms with Crippen LogP contribution in [0.15, 0.2) is 12.1 Å². The molecule has 0 unspecified atom stereocenters. The van der Waals surface area contributed by atoms with Crippen LogP contribution in [0.25, 0.3) is 0 Å². The quantitative estimate of drug-likeness (QED) is 0.751. The summed E-state index contributed by atoms with van der Waals surface area (Å²) in [6.07, 6.45) is 2.60. The Morgan fingerprint density at radius 3 is 2.47 bits per heavy atom. The molecule has 0 spiro atoms. The van der Waals surface area contributed by atoms with Crippen molar-refractivity contribution < 1.29 is 0 Å². The van der Waals surface area contributed by atoms with Crippen molar-refractivity contribution in [2.45, 2.75) is 39.3 Å². The lowest BCUT2D eigenvalue weighted by molar-refractivity contribution is 0.139. The lowest BCUT2D eigenvalue weighted by Gasteiger charge is -2.35. The third-order valence-electron chi connectivity index (χ3n) is 4.35. The summed E-state index contributed by atoms with van der Waals surface area (Å²) in [6, 6.07) is 5.42. The van der Waals surface area contributed by atoms with Crippen LogP contribution in [-0.2, 0) is 6.54 Å². The molecule has 1 saturated heterocycles. The summed E-state index contributed by atoms with van der Waals surface area (Å²) in [5.41, 5.74) is 4.31. The van der Waals surface area contributed by atoms with Gasteiger partial charge in [0.2, 0.25) is 0 Å². The van der Waals surface area contributed by atoms with E-state index in [0.29, 0.717) is 0 Å². The molecule has 2 nitrogen and oxygen atoms in total. The second kappa shape index (κ2) is 6.55. The van der Waals surface area contributed by atoms with Crippen LogP contribution in [0.5, 0.6) is 0 Å². The lowest BCUT2D eigenvalue weighted by atomic mass is 10.0. The van der Waals surface area contributed by atoms with E-state index in [1.807, 2.05) is 0 Å². The van der Waals surface area contributed by atoms with Crippen LogP contribution in [0, 0.1) is 17.4 Å². The highest BCUT2D eigenvalue weighted by molar-refractivity contribution is 14.1. The second-order valence-corrected chi connectivity index (χ2v) is 7.14. The SMILES string of the molecule is Cc1cc(CN(C)C2CCN(C)CC2)c(C)cc1I. The monoisotopic (exact) mass is 372 g/mol. The molecule has 106 valence electrons. The summed E-state index contributed by atoms with van der Waals surface area (Å²) in [4.78, 5) is 4.98. The molecule has 0 N–H and O–H groups in total. The number of halogens is 1. The zero-order chi connectivity index (χ0) is 14.0. The molecule has 1 aromatic rings. The Morgan fingerprint density at radius 1 is 1.21 bits per heavy atom. The lowest BCUT2D eigenvalue weighted by Crippen LogP contribution is -2.41. The maximum Gasteiger partial charge on any atom is 0.0236 e. The van der Waals surface area contributed by atoms with E-state index in [1.165, 1.54) is 46.2 Å². The zero-order valence-electron chi connectivity index (χ0n) is 12.5. The number of nitrogens with zero attached hydrogens (tertiary/aromatic N) is 2. The maximum atomic E-state index is 2.54. The van der Waals surface area contributed by atoms with Crippen LogP contribution in [0.1, 0.15) is 29.5 Å². The van der Waals surface area contributed by atoms with Gasteiger partial charge in [0, 0.05) is 16.2 Å². The minimum absolute atomic E-state index is 0.746. The smallest absolute Gasteiger partial charge is 0.0236 e. The zero-order valence-corrected chi connectivity index (χ0v) is 14.7. The summed E-state index contributed by atoms with van der Waals surface area (Å²) >= 11 is 2.43. The van der Waals surface area contributed by atoms with Gasteiger partial charge in [-0.15, -0.1) is 0 Å². The van der Waals surface area contributed by atoms with Crippen LogP contribution in [0.2, 0.25) is 0 Å². The van der Waals surface area contributed by atoms with Gasteiger partial charge in [0.15, 0.2) is 0 Å². The van der Waals surface area contributed by atoms with Gasteiger partial charge in [0.1, 0.15) is 0 Å². The van der Waals surface area contributed by atoms with Gasteiger partial charge in [-0.2, -0.15) is 0 Å². The number of likely N-dealkylation sites (tertiary alicyclic amines) is 1. The average molecular weight is 372 g/mol. The Kier molecular flexibility index (Phi) is 5.26. The van der Waals surface area contributed by atoms with Crippen molar-refractivity contribution in [3.63, 3.8) is 0 Å². The van der Waals surface area contributed by atoms with Gasteiger partial charge in [-0.25, -0.2) is 0 Å².